The third-order valence-electron chi connectivity index (χ3n) is 2.51. The minimum absolute atomic E-state index is 0.275. The number of carbonyl (C=O) groups is 1. The van der Waals surface area contributed by atoms with Gasteiger partial charge in [-0.05, 0) is 31.2 Å². The molecule has 0 aliphatic rings. The van der Waals surface area contributed by atoms with Gasteiger partial charge in [0.25, 0.3) is 0 Å². The summed E-state index contributed by atoms with van der Waals surface area (Å²) >= 11 is 13.0. The molecule has 0 aliphatic carbocycles. The first-order chi connectivity index (χ1) is 8.97. The molecule has 1 heterocycles. The van der Waals surface area contributed by atoms with Crippen LogP contribution < -0.4 is 4.74 Å². The van der Waals surface area contributed by atoms with Crippen molar-refractivity contribution in [2.24, 2.45) is 0 Å². The number of ether oxygens (including phenoxy) is 1. The summed E-state index contributed by atoms with van der Waals surface area (Å²) in [5.74, 6) is -0.405. The topological polar surface area (TPSA) is 46.5 Å². The molecule has 2 aromatic rings. The van der Waals surface area contributed by atoms with E-state index < -0.39 is 5.97 Å². The summed E-state index contributed by atoms with van der Waals surface area (Å²) in [6.45, 7) is 2.14. The van der Waals surface area contributed by atoms with Crippen molar-refractivity contribution in [3.63, 3.8) is 0 Å². The van der Waals surface area contributed by atoms with Crippen molar-refractivity contribution in [3.8, 4) is 5.75 Å². The Balaban J connectivity index is 2.12. The van der Waals surface area contributed by atoms with E-state index in [4.69, 9.17) is 33.0 Å². The summed E-state index contributed by atoms with van der Waals surface area (Å²) in [5, 5.41) is 9.88. The number of thiophene rings is 1. The summed E-state index contributed by atoms with van der Waals surface area (Å²) in [6.07, 6.45) is 0. The zero-order chi connectivity index (χ0) is 14.0. The first kappa shape index (κ1) is 14.2. The van der Waals surface area contributed by atoms with Crippen LogP contribution in [0.2, 0.25) is 10.0 Å². The van der Waals surface area contributed by atoms with Gasteiger partial charge in [-0.25, -0.2) is 4.79 Å². The van der Waals surface area contributed by atoms with Crippen LogP contribution in [-0.4, -0.2) is 11.1 Å². The molecule has 0 radical (unpaired) electrons. The lowest BCUT2D eigenvalue weighted by Gasteiger charge is -2.07. The molecular formula is C13H10Cl2O3S. The SMILES string of the molecule is Cc1sc(C(=O)O)cc1COc1ccc(Cl)cc1Cl. The fourth-order valence-electron chi connectivity index (χ4n) is 1.52. The molecule has 0 aliphatic heterocycles. The third kappa shape index (κ3) is 3.41. The van der Waals surface area contributed by atoms with Crippen molar-refractivity contribution in [2.75, 3.05) is 0 Å². The molecular weight excluding hydrogens is 307 g/mol. The van der Waals surface area contributed by atoms with Gasteiger partial charge in [-0.15, -0.1) is 11.3 Å². The molecule has 1 N–H and O–H groups in total. The fourth-order valence-corrected chi connectivity index (χ4v) is 2.85. The Kier molecular flexibility index (Phi) is 4.34. The Bertz CT molecular complexity index is 622. The van der Waals surface area contributed by atoms with Gasteiger partial charge in [-0.3, -0.25) is 0 Å². The molecule has 3 nitrogen and oxygen atoms in total. The van der Waals surface area contributed by atoms with Gasteiger partial charge in [0.05, 0.1) is 5.02 Å². The zero-order valence-corrected chi connectivity index (χ0v) is 12.3. The average molecular weight is 317 g/mol. The highest BCUT2D eigenvalue weighted by atomic mass is 35.5. The molecule has 0 fully saturated rings. The Labute approximate surface area is 124 Å². The van der Waals surface area contributed by atoms with E-state index in [9.17, 15) is 4.79 Å². The van der Waals surface area contributed by atoms with Gasteiger partial charge in [-0.2, -0.15) is 0 Å². The quantitative estimate of drug-likeness (QED) is 0.893. The highest BCUT2D eigenvalue weighted by Crippen LogP contribution is 2.29. The molecule has 0 saturated heterocycles. The number of carboxylic acid groups (broad SMARTS) is 1. The lowest BCUT2D eigenvalue weighted by Crippen LogP contribution is -1.96. The Morgan fingerprint density at radius 2 is 2.11 bits per heavy atom. The van der Waals surface area contributed by atoms with Gasteiger partial charge in [0.15, 0.2) is 0 Å². The molecule has 0 saturated carbocycles. The van der Waals surface area contributed by atoms with Gasteiger partial charge in [0.1, 0.15) is 17.2 Å². The second-order valence-electron chi connectivity index (χ2n) is 3.86. The molecule has 0 amide bonds. The summed E-state index contributed by atoms with van der Waals surface area (Å²) in [7, 11) is 0. The lowest BCUT2D eigenvalue weighted by atomic mass is 10.2. The van der Waals surface area contributed by atoms with Crippen molar-refractivity contribution in [3.05, 3.63) is 49.6 Å². The largest absolute Gasteiger partial charge is 0.487 e. The first-order valence-electron chi connectivity index (χ1n) is 5.38. The number of aryl methyl sites for hydroxylation is 1. The molecule has 1 aromatic heterocycles. The number of carboxylic acids is 1. The number of benzene rings is 1. The minimum atomic E-state index is -0.927. The number of hydrogen-bond acceptors (Lipinski definition) is 3. The second kappa shape index (κ2) is 5.82. The monoisotopic (exact) mass is 316 g/mol. The number of halogens is 2. The van der Waals surface area contributed by atoms with E-state index in [2.05, 4.69) is 0 Å². The van der Waals surface area contributed by atoms with Gasteiger partial charge in [-0.1, -0.05) is 23.2 Å². The molecule has 0 atom stereocenters. The van der Waals surface area contributed by atoms with Crippen LogP contribution >= 0.6 is 34.5 Å². The van der Waals surface area contributed by atoms with Gasteiger partial charge >= 0.3 is 5.97 Å². The summed E-state index contributed by atoms with van der Waals surface area (Å²) < 4.78 is 5.57. The molecule has 6 heteroatoms. The van der Waals surface area contributed by atoms with Gasteiger partial charge in [0.2, 0.25) is 0 Å². The van der Waals surface area contributed by atoms with Crippen LogP contribution in [0.4, 0.5) is 0 Å². The Morgan fingerprint density at radius 1 is 1.37 bits per heavy atom. The molecule has 0 unspecified atom stereocenters. The predicted octanol–water partition coefficient (Wildman–Crippen LogP) is 4.64. The van der Waals surface area contributed by atoms with Crippen LogP contribution in [0.25, 0.3) is 0 Å². The number of aromatic carboxylic acids is 1. The molecule has 100 valence electrons. The second-order valence-corrected chi connectivity index (χ2v) is 5.96. The van der Waals surface area contributed by atoms with E-state index in [0.717, 1.165) is 10.4 Å². The fraction of sp³-hybridized carbons (Fsp3) is 0.154. The minimum Gasteiger partial charge on any atom is -0.487 e. The van der Waals surface area contributed by atoms with Gasteiger partial charge < -0.3 is 9.84 Å². The predicted molar refractivity (Wildman–Crippen MR) is 76.8 cm³/mol. The van der Waals surface area contributed by atoms with E-state index in [0.29, 0.717) is 20.7 Å². The molecule has 19 heavy (non-hydrogen) atoms. The van der Waals surface area contributed by atoms with E-state index in [1.807, 2.05) is 6.92 Å². The summed E-state index contributed by atoms with van der Waals surface area (Å²) in [4.78, 5) is 12.1. The van der Waals surface area contributed by atoms with Crippen molar-refractivity contribution in [1.82, 2.24) is 0 Å². The summed E-state index contributed by atoms with van der Waals surface area (Å²) in [5.41, 5.74) is 0.841. The Hall–Kier alpha value is -1.23. The van der Waals surface area contributed by atoms with Crippen molar-refractivity contribution in [1.29, 1.82) is 0 Å². The highest BCUT2D eigenvalue weighted by molar-refractivity contribution is 7.14. The smallest absolute Gasteiger partial charge is 0.345 e. The molecule has 2 rings (SSSR count). The normalized spacial score (nSPS) is 10.5. The highest BCUT2D eigenvalue weighted by Gasteiger charge is 2.12. The Morgan fingerprint density at radius 3 is 2.68 bits per heavy atom. The third-order valence-corrected chi connectivity index (χ3v) is 4.12. The van der Waals surface area contributed by atoms with Crippen LogP contribution in [-0.2, 0) is 6.61 Å². The average Bonchev–Trinajstić information content (AvgIpc) is 2.70. The van der Waals surface area contributed by atoms with E-state index in [-0.39, 0.29) is 6.61 Å². The van der Waals surface area contributed by atoms with E-state index in [1.165, 1.54) is 11.3 Å². The van der Waals surface area contributed by atoms with E-state index in [1.54, 1.807) is 24.3 Å². The zero-order valence-electron chi connectivity index (χ0n) is 9.94. The van der Waals surface area contributed by atoms with Crippen LogP contribution in [0, 0.1) is 6.92 Å². The van der Waals surface area contributed by atoms with E-state index >= 15 is 0 Å². The molecule has 0 bridgehead atoms. The maximum atomic E-state index is 10.9. The number of rotatable bonds is 4. The molecule has 1 aromatic carbocycles. The van der Waals surface area contributed by atoms with Crippen molar-refractivity contribution < 1.29 is 14.6 Å². The first-order valence-corrected chi connectivity index (χ1v) is 6.95. The van der Waals surface area contributed by atoms with Crippen molar-refractivity contribution >= 4 is 40.5 Å². The lowest BCUT2D eigenvalue weighted by molar-refractivity contribution is 0.0702. The van der Waals surface area contributed by atoms with Gasteiger partial charge in [0, 0.05) is 15.5 Å². The maximum absolute atomic E-state index is 10.9. The van der Waals surface area contributed by atoms with Crippen LogP contribution in [0.3, 0.4) is 0 Å². The number of hydrogen-bond donors (Lipinski definition) is 1. The molecule has 0 spiro atoms. The van der Waals surface area contributed by atoms with Crippen molar-refractivity contribution in [2.45, 2.75) is 13.5 Å². The summed E-state index contributed by atoms with van der Waals surface area (Å²) in [6, 6.07) is 6.59. The maximum Gasteiger partial charge on any atom is 0.345 e. The standard InChI is InChI=1S/C13H10Cl2O3S/c1-7-8(4-12(19-7)13(16)17)6-18-11-3-2-9(14)5-10(11)15/h2-5H,6H2,1H3,(H,16,17). The van der Waals surface area contributed by atoms with Crippen LogP contribution in [0.5, 0.6) is 5.75 Å². The van der Waals surface area contributed by atoms with Crippen LogP contribution in [0.15, 0.2) is 24.3 Å². The van der Waals surface area contributed by atoms with Crippen LogP contribution in [0.1, 0.15) is 20.1 Å².